The maximum absolute atomic E-state index is 13.0. The van der Waals surface area contributed by atoms with Crippen molar-refractivity contribution in [2.24, 2.45) is 5.92 Å². The van der Waals surface area contributed by atoms with E-state index in [2.05, 4.69) is 10.6 Å². The Bertz CT molecular complexity index is 745. The number of para-hydroxylation sites is 2. The largest absolute Gasteiger partial charge is 0.495 e. The standard InChI is InChI=1S/C19H21FN2O3/c1-12(2)17(22-18(23)13-8-10-14(20)11-9-13)19(24)21-15-6-4-5-7-16(15)25-3/h4-12,17H,1-3H3,(H,21,24)(H,22,23)/t17-/m1/s1. The lowest BCUT2D eigenvalue weighted by Gasteiger charge is -2.22. The molecule has 25 heavy (non-hydrogen) atoms. The number of ether oxygens (including phenoxy) is 1. The molecule has 0 radical (unpaired) electrons. The average molecular weight is 344 g/mol. The van der Waals surface area contributed by atoms with Gasteiger partial charge in [0.2, 0.25) is 5.91 Å². The Morgan fingerprint density at radius 3 is 2.28 bits per heavy atom. The number of carbonyl (C=O) groups is 2. The van der Waals surface area contributed by atoms with E-state index in [1.165, 1.54) is 31.4 Å². The molecule has 2 aromatic rings. The molecule has 0 aromatic heterocycles. The maximum Gasteiger partial charge on any atom is 0.251 e. The number of hydrogen-bond acceptors (Lipinski definition) is 3. The normalized spacial score (nSPS) is 11.7. The molecular formula is C19H21FN2O3. The number of anilines is 1. The molecule has 0 bridgehead atoms. The van der Waals surface area contributed by atoms with Crippen molar-refractivity contribution in [2.75, 3.05) is 12.4 Å². The maximum atomic E-state index is 13.0. The second-order valence-corrected chi connectivity index (χ2v) is 5.89. The van der Waals surface area contributed by atoms with Crippen molar-refractivity contribution in [3.05, 3.63) is 59.9 Å². The van der Waals surface area contributed by atoms with Gasteiger partial charge >= 0.3 is 0 Å². The highest BCUT2D eigenvalue weighted by Crippen LogP contribution is 2.23. The molecule has 0 aliphatic carbocycles. The molecule has 0 fully saturated rings. The first-order chi connectivity index (χ1) is 11.9. The molecule has 5 nitrogen and oxygen atoms in total. The Morgan fingerprint density at radius 2 is 1.68 bits per heavy atom. The van der Waals surface area contributed by atoms with E-state index in [9.17, 15) is 14.0 Å². The van der Waals surface area contributed by atoms with Gasteiger partial charge in [-0.3, -0.25) is 9.59 Å². The molecule has 0 aliphatic rings. The predicted molar refractivity (Wildman–Crippen MR) is 94.1 cm³/mol. The van der Waals surface area contributed by atoms with Crippen molar-refractivity contribution in [2.45, 2.75) is 19.9 Å². The topological polar surface area (TPSA) is 67.4 Å². The van der Waals surface area contributed by atoms with Crippen LogP contribution in [-0.4, -0.2) is 25.0 Å². The lowest BCUT2D eigenvalue weighted by atomic mass is 10.0. The van der Waals surface area contributed by atoms with Crippen LogP contribution in [-0.2, 0) is 4.79 Å². The molecule has 0 heterocycles. The van der Waals surface area contributed by atoms with Crippen molar-refractivity contribution >= 4 is 17.5 Å². The van der Waals surface area contributed by atoms with Gasteiger partial charge in [-0.25, -0.2) is 4.39 Å². The van der Waals surface area contributed by atoms with E-state index in [-0.39, 0.29) is 17.4 Å². The fraction of sp³-hybridized carbons (Fsp3) is 0.263. The molecule has 0 unspecified atom stereocenters. The highest BCUT2D eigenvalue weighted by Gasteiger charge is 2.25. The summed E-state index contributed by atoms with van der Waals surface area (Å²) in [7, 11) is 1.52. The van der Waals surface area contributed by atoms with Gasteiger partial charge in [0, 0.05) is 5.56 Å². The van der Waals surface area contributed by atoms with Crippen LogP contribution >= 0.6 is 0 Å². The molecule has 2 rings (SSSR count). The van der Waals surface area contributed by atoms with Crippen LogP contribution in [0.3, 0.4) is 0 Å². The lowest BCUT2D eigenvalue weighted by molar-refractivity contribution is -0.118. The van der Waals surface area contributed by atoms with Crippen molar-refractivity contribution in [1.82, 2.24) is 5.32 Å². The minimum absolute atomic E-state index is 0.140. The van der Waals surface area contributed by atoms with Gasteiger partial charge in [-0.2, -0.15) is 0 Å². The monoisotopic (exact) mass is 344 g/mol. The van der Waals surface area contributed by atoms with Crippen LogP contribution in [0.25, 0.3) is 0 Å². The molecule has 6 heteroatoms. The van der Waals surface area contributed by atoms with Crippen LogP contribution < -0.4 is 15.4 Å². The summed E-state index contributed by atoms with van der Waals surface area (Å²) in [4.78, 5) is 24.9. The van der Waals surface area contributed by atoms with Crippen LogP contribution in [0.15, 0.2) is 48.5 Å². The highest BCUT2D eigenvalue weighted by atomic mass is 19.1. The van der Waals surface area contributed by atoms with Crippen LogP contribution in [0.5, 0.6) is 5.75 Å². The second kappa shape index (κ2) is 8.28. The quantitative estimate of drug-likeness (QED) is 0.845. The van der Waals surface area contributed by atoms with Gasteiger partial charge in [-0.05, 0) is 42.3 Å². The summed E-state index contributed by atoms with van der Waals surface area (Å²) in [5, 5.41) is 5.47. The molecule has 2 N–H and O–H groups in total. The molecule has 1 atom stereocenters. The van der Waals surface area contributed by atoms with E-state index in [1.54, 1.807) is 24.3 Å². The van der Waals surface area contributed by atoms with Gasteiger partial charge in [-0.1, -0.05) is 26.0 Å². The number of halogens is 1. The Morgan fingerprint density at radius 1 is 1.04 bits per heavy atom. The summed E-state index contributed by atoms with van der Waals surface area (Å²) in [5.74, 6) is -0.822. The fourth-order valence-electron chi connectivity index (χ4n) is 2.32. The van der Waals surface area contributed by atoms with Gasteiger partial charge in [0.1, 0.15) is 17.6 Å². The van der Waals surface area contributed by atoms with E-state index in [4.69, 9.17) is 4.74 Å². The SMILES string of the molecule is COc1ccccc1NC(=O)[C@H](NC(=O)c1ccc(F)cc1)C(C)C. The third kappa shape index (κ3) is 4.79. The van der Waals surface area contributed by atoms with Crippen molar-refractivity contribution < 1.29 is 18.7 Å². The summed E-state index contributed by atoms with van der Waals surface area (Å²) >= 11 is 0. The molecule has 0 aliphatic heterocycles. The van der Waals surface area contributed by atoms with E-state index in [1.807, 2.05) is 13.8 Å². The molecule has 132 valence electrons. The van der Waals surface area contributed by atoms with Crippen molar-refractivity contribution in [1.29, 1.82) is 0 Å². The van der Waals surface area contributed by atoms with E-state index in [0.717, 1.165) is 0 Å². The predicted octanol–water partition coefficient (Wildman–Crippen LogP) is 3.23. The van der Waals surface area contributed by atoms with Crippen LogP contribution in [0.2, 0.25) is 0 Å². The van der Waals surface area contributed by atoms with Gasteiger partial charge < -0.3 is 15.4 Å². The number of amides is 2. The Labute approximate surface area is 146 Å². The number of hydrogen-bond donors (Lipinski definition) is 2. The zero-order valence-corrected chi connectivity index (χ0v) is 14.4. The minimum atomic E-state index is -0.748. The molecule has 2 aromatic carbocycles. The minimum Gasteiger partial charge on any atom is -0.495 e. The first kappa shape index (κ1) is 18.4. The number of benzene rings is 2. The molecular weight excluding hydrogens is 323 g/mol. The number of carbonyl (C=O) groups excluding carboxylic acids is 2. The summed E-state index contributed by atoms with van der Waals surface area (Å²) in [5.41, 5.74) is 0.814. The number of methoxy groups -OCH3 is 1. The zero-order chi connectivity index (χ0) is 18.4. The second-order valence-electron chi connectivity index (χ2n) is 5.89. The average Bonchev–Trinajstić information content (AvgIpc) is 2.60. The first-order valence-electron chi connectivity index (χ1n) is 7.92. The van der Waals surface area contributed by atoms with Gasteiger partial charge in [0.05, 0.1) is 12.8 Å². The smallest absolute Gasteiger partial charge is 0.251 e. The third-order valence-corrected chi connectivity index (χ3v) is 3.71. The van der Waals surface area contributed by atoms with E-state index >= 15 is 0 Å². The summed E-state index contributed by atoms with van der Waals surface area (Å²) in [6, 6.07) is 11.4. The van der Waals surface area contributed by atoms with Gasteiger partial charge in [0.25, 0.3) is 5.91 Å². The summed E-state index contributed by atoms with van der Waals surface area (Å²) in [6.07, 6.45) is 0. The molecule has 0 spiro atoms. The lowest BCUT2D eigenvalue weighted by Crippen LogP contribution is -2.47. The van der Waals surface area contributed by atoms with Crippen LogP contribution in [0.1, 0.15) is 24.2 Å². The highest BCUT2D eigenvalue weighted by molar-refractivity contribution is 6.01. The van der Waals surface area contributed by atoms with Gasteiger partial charge in [-0.15, -0.1) is 0 Å². The Kier molecular flexibility index (Phi) is 6.11. The zero-order valence-electron chi connectivity index (χ0n) is 14.4. The summed E-state index contributed by atoms with van der Waals surface area (Å²) < 4.78 is 18.2. The number of rotatable bonds is 6. The Hall–Kier alpha value is -2.89. The van der Waals surface area contributed by atoms with Crippen molar-refractivity contribution in [3.8, 4) is 5.75 Å². The number of nitrogens with one attached hydrogen (secondary N) is 2. The summed E-state index contributed by atoms with van der Waals surface area (Å²) in [6.45, 7) is 3.66. The Balaban J connectivity index is 2.12. The van der Waals surface area contributed by atoms with Gasteiger partial charge in [0.15, 0.2) is 0 Å². The molecule has 0 saturated heterocycles. The van der Waals surface area contributed by atoms with Crippen LogP contribution in [0, 0.1) is 11.7 Å². The molecule has 2 amide bonds. The van der Waals surface area contributed by atoms with E-state index in [0.29, 0.717) is 11.4 Å². The fourth-order valence-corrected chi connectivity index (χ4v) is 2.32. The third-order valence-electron chi connectivity index (χ3n) is 3.71. The molecule has 0 saturated carbocycles. The van der Waals surface area contributed by atoms with Crippen LogP contribution in [0.4, 0.5) is 10.1 Å². The van der Waals surface area contributed by atoms with Crippen molar-refractivity contribution in [3.63, 3.8) is 0 Å². The van der Waals surface area contributed by atoms with E-state index < -0.39 is 17.8 Å². The first-order valence-corrected chi connectivity index (χ1v) is 7.92.